The van der Waals surface area contributed by atoms with Gasteiger partial charge in [-0.3, -0.25) is 14.5 Å². The number of para-hydroxylation sites is 2. The molecule has 2 aliphatic heterocycles. The van der Waals surface area contributed by atoms with Crippen LogP contribution in [-0.4, -0.2) is 48.1 Å². The summed E-state index contributed by atoms with van der Waals surface area (Å²) in [6, 6.07) is 9.80. The number of carbonyl (C=O) groups is 2. The molecule has 5 fully saturated rings. The zero-order valence-electron chi connectivity index (χ0n) is 20.6. The average Bonchev–Trinajstić information content (AvgIpc) is 2.79. The molecule has 2 heterocycles. The monoisotopic (exact) mass is 467 g/mol. The van der Waals surface area contributed by atoms with Crippen LogP contribution in [0.25, 0.3) is 0 Å². The van der Waals surface area contributed by atoms with Crippen LogP contribution in [0.15, 0.2) is 24.3 Å². The Labute approximate surface area is 204 Å². The Morgan fingerprint density at radius 2 is 1.65 bits per heavy atom. The summed E-state index contributed by atoms with van der Waals surface area (Å²) >= 11 is 0. The highest BCUT2D eigenvalue weighted by atomic mass is 16.5. The van der Waals surface area contributed by atoms with Crippen molar-refractivity contribution in [1.29, 1.82) is 0 Å². The highest BCUT2D eigenvalue weighted by molar-refractivity contribution is 5.95. The van der Waals surface area contributed by atoms with Gasteiger partial charge in [0.25, 0.3) is 5.91 Å². The molecule has 0 aromatic heterocycles. The Morgan fingerprint density at radius 3 is 2.41 bits per heavy atom. The Hall–Kier alpha value is -2.08. The van der Waals surface area contributed by atoms with Crippen molar-refractivity contribution in [2.75, 3.05) is 23.8 Å². The van der Waals surface area contributed by atoms with Gasteiger partial charge in [-0.05, 0) is 68.4 Å². The van der Waals surface area contributed by atoms with Gasteiger partial charge in [0.05, 0.1) is 11.4 Å². The summed E-state index contributed by atoms with van der Waals surface area (Å²) in [5.74, 6) is 1.83. The number of fused-ring (bicyclic) bond motifs is 7. The van der Waals surface area contributed by atoms with Gasteiger partial charge in [-0.25, -0.2) is 0 Å². The quantitative estimate of drug-likeness (QED) is 0.563. The number of benzene rings is 1. The molecule has 3 aliphatic carbocycles. The molecule has 2 unspecified atom stereocenters. The van der Waals surface area contributed by atoms with E-state index in [9.17, 15) is 9.59 Å². The van der Waals surface area contributed by atoms with E-state index in [0.29, 0.717) is 18.0 Å². The number of ether oxygens (including phenoxy) is 1. The molecular weight excluding hydrogens is 426 g/mol. The molecule has 0 spiro atoms. The summed E-state index contributed by atoms with van der Waals surface area (Å²) in [6.45, 7) is 2.28. The number of amides is 1. The van der Waals surface area contributed by atoms with E-state index in [1.54, 1.807) is 0 Å². The van der Waals surface area contributed by atoms with Gasteiger partial charge in [-0.2, -0.15) is 0 Å². The van der Waals surface area contributed by atoms with Crippen LogP contribution in [0.3, 0.4) is 0 Å². The molecule has 6 atom stereocenters. The minimum Gasteiger partial charge on any atom is -0.456 e. The fraction of sp³-hybridized carbons (Fsp3) is 0.714. The number of piperidine rings is 1. The Balaban J connectivity index is 1.26. The van der Waals surface area contributed by atoms with E-state index in [1.165, 1.54) is 84.1 Å². The Bertz CT molecular complexity index is 862. The fourth-order valence-electron chi connectivity index (χ4n) is 7.39. The first-order valence-corrected chi connectivity index (χ1v) is 13.6. The second kappa shape index (κ2) is 10.7. The second-order valence-electron chi connectivity index (χ2n) is 11.3. The van der Waals surface area contributed by atoms with Crippen LogP contribution in [0.4, 0.5) is 11.4 Å². The molecule has 186 valence electrons. The molecule has 6 heteroatoms. The molecule has 1 amide bonds. The van der Waals surface area contributed by atoms with Crippen molar-refractivity contribution in [2.45, 2.75) is 95.7 Å². The number of hydrogen-bond donors (Lipinski definition) is 2. The van der Waals surface area contributed by atoms with Crippen LogP contribution in [0.1, 0.15) is 77.6 Å². The number of esters is 1. The van der Waals surface area contributed by atoms with Gasteiger partial charge in [0.15, 0.2) is 6.61 Å². The normalized spacial score (nSPS) is 33.4. The third kappa shape index (κ3) is 5.59. The van der Waals surface area contributed by atoms with Crippen molar-refractivity contribution in [3.8, 4) is 0 Å². The predicted molar refractivity (Wildman–Crippen MR) is 135 cm³/mol. The summed E-state index contributed by atoms with van der Waals surface area (Å²) in [5, 5.41) is 6.75. The Kier molecular flexibility index (Phi) is 7.43. The topological polar surface area (TPSA) is 70.7 Å². The molecule has 2 saturated heterocycles. The van der Waals surface area contributed by atoms with Crippen molar-refractivity contribution in [3.63, 3.8) is 0 Å². The first kappa shape index (κ1) is 23.7. The first-order chi connectivity index (χ1) is 16.5. The van der Waals surface area contributed by atoms with Gasteiger partial charge in [-0.15, -0.1) is 0 Å². The van der Waals surface area contributed by atoms with Gasteiger partial charge in [0.2, 0.25) is 0 Å². The third-order valence-corrected chi connectivity index (χ3v) is 8.89. The van der Waals surface area contributed by atoms with E-state index in [0.717, 1.165) is 29.3 Å². The summed E-state index contributed by atoms with van der Waals surface area (Å²) in [4.78, 5) is 26.3. The predicted octanol–water partition coefficient (Wildman–Crippen LogP) is 5.20. The van der Waals surface area contributed by atoms with Gasteiger partial charge in [0.1, 0.15) is 0 Å². The van der Waals surface area contributed by atoms with Crippen LogP contribution >= 0.6 is 0 Å². The molecule has 2 N–H and O–H groups in total. The minimum atomic E-state index is -0.446. The summed E-state index contributed by atoms with van der Waals surface area (Å²) in [7, 11) is 0. The molecule has 5 aliphatic rings. The van der Waals surface area contributed by atoms with Crippen molar-refractivity contribution in [3.05, 3.63) is 24.3 Å². The summed E-state index contributed by atoms with van der Waals surface area (Å²) in [5.41, 5.74) is 1.73. The summed E-state index contributed by atoms with van der Waals surface area (Å²) in [6.07, 6.45) is 15.2. The van der Waals surface area contributed by atoms with Crippen molar-refractivity contribution in [2.24, 2.45) is 17.8 Å². The maximum absolute atomic E-state index is 12.3. The van der Waals surface area contributed by atoms with Crippen molar-refractivity contribution >= 4 is 23.3 Å². The van der Waals surface area contributed by atoms with Crippen LogP contribution in [0.5, 0.6) is 0 Å². The molecule has 6 rings (SSSR count). The lowest BCUT2D eigenvalue weighted by molar-refractivity contribution is -0.144. The van der Waals surface area contributed by atoms with E-state index < -0.39 is 5.97 Å². The molecule has 1 aromatic rings. The van der Waals surface area contributed by atoms with Crippen LogP contribution < -0.4 is 10.6 Å². The minimum absolute atomic E-state index is 0.254. The zero-order valence-corrected chi connectivity index (χ0v) is 20.6. The smallest absolute Gasteiger partial charge is 0.303 e. The lowest BCUT2D eigenvalue weighted by Gasteiger charge is -2.53. The van der Waals surface area contributed by atoms with Crippen molar-refractivity contribution in [1.82, 2.24) is 4.90 Å². The highest BCUT2D eigenvalue weighted by Gasteiger charge is 2.42. The molecule has 0 radical (unpaired) electrons. The van der Waals surface area contributed by atoms with E-state index in [-0.39, 0.29) is 12.5 Å². The number of rotatable bonds is 6. The van der Waals surface area contributed by atoms with E-state index >= 15 is 0 Å². The van der Waals surface area contributed by atoms with Gasteiger partial charge in [-0.1, -0.05) is 44.2 Å². The van der Waals surface area contributed by atoms with Gasteiger partial charge < -0.3 is 15.4 Å². The zero-order chi connectivity index (χ0) is 23.5. The average molecular weight is 468 g/mol. The second-order valence-corrected chi connectivity index (χ2v) is 11.3. The number of nitrogens with one attached hydrogen (secondary N) is 2. The first-order valence-electron chi connectivity index (χ1n) is 13.6. The highest BCUT2D eigenvalue weighted by Crippen LogP contribution is 2.45. The SMILES string of the molecule is CC(=O)OCC(=O)Nc1ccccc1N[C@H]1C[C@H]2CCCCC1CN2C1C[C@H]2CCC[C@@H](C1)C2. The number of carbonyl (C=O) groups excluding carboxylic acids is 2. The van der Waals surface area contributed by atoms with E-state index in [1.807, 2.05) is 24.3 Å². The van der Waals surface area contributed by atoms with Gasteiger partial charge >= 0.3 is 5.97 Å². The molecule has 34 heavy (non-hydrogen) atoms. The third-order valence-electron chi connectivity index (χ3n) is 8.89. The maximum atomic E-state index is 12.3. The Morgan fingerprint density at radius 1 is 0.912 bits per heavy atom. The lowest BCUT2D eigenvalue weighted by atomic mass is 9.68. The number of nitrogens with zero attached hydrogens (tertiary/aromatic N) is 1. The van der Waals surface area contributed by atoms with Crippen LogP contribution in [0.2, 0.25) is 0 Å². The largest absolute Gasteiger partial charge is 0.456 e. The molecule has 4 bridgehead atoms. The van der Waals surface area contributed by atoms with Crippen LogP contribution in [0, 0.1) is 17.8 Å². The maximum Gasteiger partial charge on any atom is 0.303 e. The lowest BCUT2D eigenvalue weighted by Crippen LogP contribution is -2.57. The van der Waals surface area contributed by atoms with Crippen molar-refractivity contribution < 1.29 is 14.3 Å². The number of anilines is 2. The summed E-state index contributed by atoms with van der Waals surface area (Å²) < 4.78 is 4.86. The van der Waals surface area contributed by atoms with Gasteiger partial charge in [0, 0.05) is 31.6 Å². The molecule has 6 nitrogen and oxygen atoms in total. The van der Waals surface area contributed by atoms with E-state index in [2.05, 4.69) is 15.5 Å². The molecular formula is C28H41N3O3. The molecule has 1 aromatic carbocycles. The fourth-order valence-corrected chi connectivity index (χ4v) is 7.39. The number of hydrogen-bond acceptors (Lipinski definition) is 5. The van der Waals surface area contributed by atoms with Crippen LogP contribution in [-0.2, 0) is 14.3 Å². The molecule has 3 saturated carbocycles. The van der Waals surface area contributed by atoms with E-state index in [4.69, 9.17) is 4.74 Å². The standard InChI is InChI=1S/C28H41N3O3/c1-19(32)34-18-28(33)30-26-12-5-4-11-25(26)29-27-16-23-10-3-2-9-22(27)17-31(23)24-14-20-7-6-8-21(13-20)15-24/h4-5,11-12,20-24,27,29H,2-3,6-10,13-18H2,1H3,(H,30,33)/t20-,21+,22?,23-,24?,27+/m1/s1.